The molecule has 0 aliphatic rings. The van der Waals surface area contributed by atoms with E-state index in [1.807, 2.05) is 0 Å². The van der Waals surface area contributed by atoms with Crippen molar-refractivity contribution in [1.82, 2.24) is 0 Å². The Morgan fingerprint density at radius 1 is 0.947 bits per heavy atom. The molecule has 0 heterocycles. The van der Waals surface area contributed by atoms with Crippen LogP contribution in [0.2, 0.25) is 0 Å². The summed E-state index contributed by atoms with van der Waals surface area (Å²) in [5.74, 6) is 2.13. The maximum absolute atomic E-state index is 11.4. The largest absolute Gasteiger partial charge is 0.299 e. The lowest BCUT2D eigenvalue weighted by molar-refractivity contribution is -0.118. The van der Waals surface area contributed by atoms with Crippen LogP contribution >= 0.6 is 23.5 Å². The first kappa shape index (κ1) is 18.5. The van der Waals surface area contributed by atoms with E-state index in [9.17, 15) is 9.59 Å². The maximum Gasteiger partial charge on any atom is 0.137 e. The Morgan fingerprint density at radius 3 is 1.63 bits per heavy atom. The van der Waals surface area contributed by atoms with Crippen molar-refractivity contribution in [2.24, 2.45) is 0 Å². The van der Waals surface area contributed by atoms with E-state index >= 15 is 0 Å². The summed E-state index contributed by atoms with van der Waals surface area (Å²) in [5, 5.41) is 0. The zero-order valence-electron chi connectivity index (χ0n) is 11.9. The van der Waals surface area contributed by atoms with Gasteiger partial charge in [-0.2, -0.15) is 0 Å². The molecule has 0 aromatic carbocycles. The summed E-state index contributed by atoms with van der Waals surface area (Å²) < 4.78 is 0.0446. The SMILES string of the molecule is C=CCC(=O)CCSC(C)(C)SCCC(=O)CC=C. The van der Waals surface area contributed by atoms with Crippen LogP contribution in [0.1, 0.15) is 39.5 Å². The molecule has 0 amide bonds. The molecule has 0 saturated heterocycles. The Kier molecular flexibility index (Phi) is 10.1. The molecule has 108 valence electrons. The van der Waals surface area contributed by atoms with Gasteiger partial charge in [-0.05, 0) is 13.8 Å². The van der Waals surface area contributed by atoms with Crippen molar-refractivity contribution in [3.63, 3.8) is 0 Å². The standard InChI is InChI=1S/C15H24O2S2/c1-5-7-13(16)9-11-18-15(3,4)19-12-10-14(17)8-6-2/h5-6H,1-2,7-12H2,3-4H3. The van der Waals surface area contributed by atoms with Crippen molar-refractivity contribution in [2.45, 2.75) is 43.6 Å². The second-order valence-corrected chi connectivity index (χ2v) is 8.35. The highest BCUT2D eigenvalue weighted by atomic mass is 32.2. The van der Waals surface area contributed by atoms with Gasteiger partial charge in [-0.25, -0.2) is 0 Å². The van der Waals surface area contributed by atoms with Crippen molar-refractivity contribution < 1.29 is 9.59 Å². The van der Waals surface area contributed by atoms with Gasteiger partial charge in [-0.1, -0.05) is 12.2 Å². The van der Waals surface area contributed by atoms with Gasteiger partial charge in [0.05, 0.1) is 4.08 Å². The number of hydrogen-bond donors (Lipinski definition) is 0. The highest BCUT2D eigenvalue weighted by Crippen LogP contribution is 2.37. The monoisotopic (exact) mass is 300 g/mol. The van der Waals surface area contributed by atoms with Gasteiger partial charge in [0.15, 0.2) is 0 Å². The number of hydrogen-bond acceptors (Lipinski definition) is 4. The molecule has 0 aromatic heterocycles. The molecular formula is C15H24O2S2. The van der Waals surface area contributed by atoms with E-state index in [0.717, 1.165) is 11.5 Å². The minimum atomic E-state index is 0.0446. The molecule has 0 bridgehead atoms. The van der Waals surface area contributed by atoms with Gasteiger partial charge < -0.3 is 0 Å². The van der Waals surface area contributed by atoms with E-state index in [-0.39, 0.29) is 15.6 Å². The Bertz CT molecular complexity index is 292. The quantitative estimate of drug-likeness (QED) is 0.398. The summed E-state index contributed by atoms with van der Waals surface area (Å²) >= 11 is 3.55. The lowest BCUT2D eigenvalue weighted by Crippen LogP contribution is -2.13. The number of rotatable bonds is 12. The van der Waals surface area contributed by atoms with Gasteiger partial charge in [-0.3, -0.25) is 9.59 Å². The molecule has 0 aliphatic heterocycles. The highest BCUT2D eigenvalue weighted by molar-refractivity contribution is 8.18. The van der Waals surface area contributed by atoms with Crippen LogP contribution in [0, 0.1) is 0 Å². The number of ketones is 2. The van der Waals surface area contributed by atoms with Crippen LogP contribution in [0.25, 0.3) is 0 Å². The van der Waals surface area contributed by atoms with Crippen molar-refractivity contribution in [1.29, 1.82) is 0 Å². The van der Waals surface area contributed by atoms with E-state index in [4.69, 9.17) is 0 Å². The fourth-order valence-corrected chi connectivity index (χ4v) is 3.87. The Hall–Kier alpha value is -0.480. The molecule has 0 rings (SSSR count). The normalized spacial score (nSPS) is 11.1. The highest BCUT2D eigenvalue weighted by Gasteiger charge is 2.19. The lowest BCUT2D eigenvalue weighted by atomic mass is 10.2. The summed E-state index contributed by atoms with van der Waals surface area (Å²) in [6, 6.07) is 0. The zero-order valence-corrected chi connectivity index (χ0v) is 13.6. The molecule has 0 aromatic rings. The smallest absolute Gasteiger partial charge is 0.137 e. The summed E-state index contributed by atoms with van der Waals surface area (Å²) in [4.78, 5) is 22.7. The maximum atomic E-state index is 11.4. The molecule has 0 atom stereocenters. The molecular weight excluding hydrogens is 276 g/mol. The zero-order chi connectivity index (χ0) is 14.7. The van der Waals surface area contributed by atoms with Crippen molar-refractivity contribution in [3.8, 4) is 0 Å². The molecule has 0 spiro atoms. The van der Waals surface area contributed by atoms with Crippen LogP contribution in [0.4, 0.5) is 0 Å². The molecule has 0 saturated carbocycles. The summed E-state index contributed by atoms with van der Waals surface area (Å²) in [6.07, 6.45) is 5.41. The molecule has 2 nitrogen and oxygen atoms in total. The number of Topliss-reactive ketones (excluding diaryl/α,β-unsaturated/α-hetero) is 2. The molecule has 0 aliphatic carbocycles. The van der Waals surface area contributed by atoms with Crippen LogP contribution in [-0.2, 0) is 9.59 Å². The minimum Gasteiger partial charge on any atom is -0.299 e. The van der Waals surface area contributed by atoms with Crippen LogP contribution in [0.5, 0.6) is 0 Å². The predicted molar refractivity (Wildman–Crippen MR) is 87.9 cm³/mol. The lowest BCUT2D eigenvalue weighted by Gasteiger charge is -2.23. The first-order valence-corrected chi connectivity index (χ1v) is 8.41. The van der Waals surface area contributed by atoms with E-state index in [2.05, 4.69) is 27.0 Å². The number of allylic oxidation sites excluding steroid dienone is 2. The molecule has 0 fully saturated rings. The van der Waals surface area contributed by atoms with Crippen LogP contribution in [-0.4, -0.2) is 27.2 Å². The minimum absolute atomic E-state index is 0.0446. The Balaban J connectivity index is 3.79. The van der Waals surface area contributed by atoms with Gasteiger partial charge >= 0.3 is 0 Å². The van der Waals surface area contributed by atoms with Crippen molar-refractivity contribution in [3.05, 3.63) is 25.3 Å². The second kappa shape index (κ2) is 10.3. The average molecular weight is 300 g/mol. The van der Waals surface area contributed by atoms with Crippen LogP contribution < -0.4 is 0 Å². The van der Waals surface area contributed by atoms with E-state index in [0.29, 0.717) is 25.7 Å². The topological polar surface area (TPSA) is 34.1 Å². The fourth-order valence-electron chi connectivity index (χ4n) is 1.39. The van der Waals surface area contributed by atoms with Crippen LogP contribution in [0.3, 0.4) is 0 Å². The van der Waals surface area contributed by atoms with Gasteiger partial charge in [-0.15, -0.1) is 36.7 Å². The summed E-state index contributed by atoms with van der Waals surface area (Å²) in [6.45, 7) is 11.4. The summed E-state index contributed by atoms with van der Waals surface area (Å²) in [7, 11) is 0. The molecule has 0 radical (unpaired) electrons. The number of carbonyl (C=O) groups is 2. The third-order valence-corrected chi connectivity index (χ3v) is 5.32. The van der Waals surface area contributed by atoms with Gasteiger partial charge in [0.1, 0.15) is 11.6 Å². The fraction of sp³-hybridized carbons (Fsp3) is 0.600. The molecule has 0 unspecified atom stereocenters. The summed E-state index contributed by atoms with van der Waals surface area (Å²) in [5.41, 5.74) is 0. The predicted octanol–water partition coefficient (Wildman–Crippen LogP) is 4.26. The van der Waals surface area contributed by atoms with E-state index in [1.54, 1.807) is 35.7 Å². The van der Waals surface area contributed by atoms with E-state index < -0.39 is 0 Å². The third-order valence-electron chi connectivity index (χ3n) is 2.41. The Morgan fingerprint density at radius 2 is 1.32 bits per heavy atom. The molecule has 0 N–H and O–H groups in total. The van der Waals surface area contributed by atoms with Crippen LogP contribution in [0.15, 0.2) is 25.3 Å². The van der Waals surface area contributed by atoms with Gasteiger partial charge in [0.25, 0.3) is 0 Å². The van der Waals surface area contributed by atoms with Crippen molar-refractivity contribution in [2.75, 3.05) is 11.5 Å². The third kappa shape index (κ3) is 11.1. The molecule has 4 heteroatoms. The van der Waals surface area contributed by atoms with Gasteiger partial charge in [0.2, 0.25) is 0 Å². The number of carbonyl (C=O) groups excluding carboxylic acids is 2. The first-order chi connectivity index (χ1) is 8.91. The van der Waals surface area contributed by atoms with Crippen molar-refractivity contribution >= 4 is 35.1 Å². The second-order valence-electron chi connectivity index (χ2n) is 4.66. The Labute approximate surface area is 125 Å². The van der Waals surface area contributed by atoms with E-state index in [1.165, 1.54) is 0 Å². The molecule has 19 heavy (non-hydrogen) atoms. The first-order valence-electron chi connectivity index (χ1n) is 6.44. The van der Waals surface area contributed by atoms with Gasteiger partial charge in [0, 0.05) is 37.2 Å². The average Bonchev–Trinajstić information content (AvgIpc) is 2.29. The number of thioether (sulfide) groups is 2.